The molecule has 0 aliphatic carbocycles. The summed E-state index contributed by atoms with van der Waals surface area (Å²) in [6.45, 7) is 3.62. The van der Waals surface area contributed by atoms with Crippen LogP contribution in [0, 0.1) is 0 Å². The summed E-state index contributed by atoms with van der Waals surface area (Å²) in [5, 5.41) is 4.21. The van der Waals surface area contributed by atoms with Crippen LogP contribution in [0.25, 0.3) is 11.0 Å². The van der Waals surface area contributed by atoms with Gasteiger partial charge in [0.15, 0.2) is 0 Å². The highest BCUT2D eigenvalue weighted by molar-refractivity contribution is 7.89. The van der Waals surface area contributed by atoms with Gasteiger partial charge >= 0.3 is 0 Å². The number of benzene rings is 2. The van der Waals surface area contributed by atoms with Gasteiger partial charge in [-0.05, 0) is 49.7 Å². The van der Waals surface area contributed by atoms with Crippen molar-refractivity contribution in [1.29, 1.82) is 0 Å². The number of fused-ring (bicyclic) bond motifs is 1. The summed E-state index contributed by atoms with van der Waals surface area (Å²) in [4.78, 5) is 12.7. The normalized spacial score (nSPS) is 13.0. The van der Waals surface area contributed by atoms with E-state index in [4.69, 9.17) is 16.0 Å². The predicted octanol–water partition coefficient (Wildman–Crippen LogP) is 4.36. The first-order chi connectivity index (χ1) is 13.8. The standard InChI is InChI=1S/C21H23ClN2O4S/c1-3-12-24(29(26,27)18-10-8-17(22)9-11-18)14-21(25)23-15(2)20-13-16-6-4-5-7-19(16)28-20/h4-11,13,15H,3,12,14H2,1-2H3,(H,23,25). The van der Waals surface area contributed by atoms with Gasteiger partial charge in [-0.25, -0.2) is 8.42 Å². The molecule has 1 amide bonds. The molecule has 0 spiro atoms. The fourth-order valence-electron chi connectivity index (χ4n) is 3.02. The van der Waals surface area contributed by atoms with E-state index in [9.17, 15) is 13.2 Å². The minimum Gasteiger partial charge on any atom is -0.459 e. The number of para-hydroxylation sites is 1. The fourth-order valence-corrected chi connectivity index (χ4v) is 4.64. The predicted molar refractivity (Wildman–Crippen MR) is 113 cm³/mol. The van der Waals surface area contributed by atoms with Crippen LogP contribution in [0.1, 0.15) is 32.1 Å². The SMILES string of the molecule is CCCN(CC(=O)NC(C)c1cc2ccccc2o1)S(=O)(=O)c1ccc(Cl)cc1. The van der Waals surface area contributed by atoms with Crippen molar-refractivity contribution >= 4 is 38.5 Å². The average Bonchev–Trinajstić information content (AvgIpc) is 3.12. The lowest BCUT2D eigenvalue weighted by Crippen LogP contribution is -2.41. The van der Waals surface area contributed by atoms with Gasteiger partial charge in [-0.15, -0.1) is 0 Å². The second kappa shape index (κ2) is 8.98. The van der Waals surface area contributed by atoms with Crippen molar-refractivity contribution in [2.24, 2.45) is 0 Å². The lowest BCUT2D eigenvalue weighted by atomic mass is 10.2. The van der Waals surface area contributed by atoms with Crippen LogP contribution in [0.15, 0.2) is 63.9 Å². The van der Waals surface area contributed by atoms with Gasteiger partial charge in [0, 0.05) is 17.0 Å². The molecule has 3 rings (SSSR count). The van der Waals surface area contributed by atoms with Crippen LogP contribution in [-0.2, 0) is 14.8 Å². The topological polar surface area (TPSA) is 79.6 Å². The van der Waals surface area contributed by atoms with E-state index in [2.05, 4.69) is 5.32 Å². The average molecular weight is 435 g/mol. The molecule has 0 radical (unpaired) electrons. The minimum absolute atomic E-state index is 0.105. The number of hydrogen-bond acceptors (Lipinski definition) is 4. The van der Waals surface area contributed by atoms with Crippen molar-refractivity contribution in [3.8, 4) is 0 Å². The van der Waals surface area contributed by atoms with E-state index in [1.165, 1.54) is 28.6 Å². The Hall–Kier alpha value is -2.35. The Labute approximate surface area is 175 Å². The number of furan rings is 1. The van der Waals surface area contributed by atoms with E-state index in [-0.39, 0.29) is 18.0 Å². The molecule has 1 unspecified atom stereocenters. The van der Waals surface area contributed by atoms with E-state index in [1.807, 2.05) is 37.3 Å². The minimum atomic E-state index is -3.81. The van der Waals surface area contributed by atoms with Gasteiger partial charge in [-0.2, -0.15) is 4.31 Å². The Bertz CT molecular complexity index is 1060. The lowest BCUT2D eigenvalue weighted by Gasteiger charge is -2.22. The number of rotatable bonds is 8. The highest BCUT2D eigenvalue weighted by Gasteiger charge is 2.26. The molecule has 1 atom stereocenters. The molecule has 0 aliphatic rings. The summed E-state index contributed by atoms with van der Waals surface area (Å²) < 4.78 is 32.8. The molecule has 6 nitrogen and oxygen atoms in total. The molecule has 154 valence electrons. The fraction of sp³-hybridized carbons (Fsp3) is 0.286. The van der Waals surface area contributed by atoms with Crippen LogP contribution in [0.2, 0.25) is 5.02 Å². The number of nitrogens with one attached hydrogen (secondary N) is 1. The summed E-state index contributed by atoms with van der Waals surface area (Å²) in [5.41, 5.74) is 0.738. The molecule has 0 fully saturated rings. The van der Waals surface area contributed by atoms with Gasteiger partial charge in [0.25, 0.3) is 0 Å². The van der Waals surface area contributed by atoms with E-state index in [1.54, 1.807) is 6.92 Å². The Morgan fingerprint density at radius 3 is 2.52 bits per heavy atom. The van der Waals surface area contributed by atoms with Crippen LogP contribution in [0.3, 0.4) is 0 Å². The Morgan fingerprint density at radius 2 is 1.86 bits per heavy atom. The number of carbonyl (C=O) groups excluding carboxylic acids is 1. The van der Waals surface area contributed by atoms with Crippen LogP contribution < -0.4 is 5.32 Å². The second-order valence-corrected chi connectivity index (χ2v) is 9.14. The van der Waals surface area contributed by atoms with Crippen molar-refractivity contribution in [3.63, 3.8) is 0 Å². The molecule has 0 saturated carbocycles. The van der Waals surface area contributed by atoms with Crippen molar-refractivity contribution in [1.82, 2.24) is 9.62 Å². The van der Waals surface area contributed by atoms with Gasteiger partial charge in [0.05, 0.1) is 17.5 Å². The molecule has 2 aromatic carbocycles. The highest BCUT2D eigenvalue weighted by atomic mass is 35.5. The molecule has 1 N–H and O–H groups in total. The number of hydrogen-bond donors (Lipinski definition) is 1. The molecule has 0 bridgehead atoms. The molecule has 0 aliphatic heterocycles. The summed E-state index contributed by atoms with van der Waals surface area (Å²) >= 11 is 5.85. The first kappa shape index (κ1) is 21.4. The molecule has 8 heteroatoms. The first-order valence-electron chi connectivity index (χ1n) is 9.35. The molecule has 1 aromatic heterocycles. The highest BCUT2D eigenvalue weighted by Crippen LogP contribution is 2.24. The summed E-state index contributed by atoms with van der Waals surface area (Å²) in [6, 6.07) is 15.0. The van der Waals surface area contributed by atoms with Crippen LogP contribution >= 0.6 is 11.6 Å². The van der Waals surface area contributed by atoms with Gasteiger partial charge in [-0.3, -0.25) is 4.79 Å². The summed E-state index contributed by atoms with van der Waals surface area (Å²) in [6.07, 6.45) is 0.583. The number of carbonyl (C=O) groups is 1. The number of halogens is 1. The van der Waals surface area contributed by atoms with E-state index in [0.717, 1.165) is 11.0 Å². The van der Waals surface area contributed by atoms with E-state index >= 15 is 0 Å². The monoisotopic (exact) mass is 434 g/mol. The van der Waals surface area contributed by atoms with Crippen molar-refractivity contribution in [2.45, 2.75) is 31.2 Å². The van der Waals surface area contributed by atoms with Crippen molar-refractivity contribution in [2.75, 3.05) is 13.1 Å². The van der Waals surface area contributed by atoms with Crippen LogP contribution in [0.4, 0.5) is 0 Å². The molecule has 29 heavy (non-hydrogen) atoms. The number of nitrogens with zero attached hydrogens (tertiary/aromatic N) is 1. The maximum atomic E-state index is 12.9. The van der Waals surface area contributed by atoms with Crippen molar-refractivity contribution in [3.05, 3.63) is 65.4 Å². The zero-order valence-electron chi connectivity index (χ0n) is 16.3. The van der Waals surface area contributed by atoms with Gasteiger partial charge in [0.2, 0.25) is 15.9 Å². The van der Waals surface area contributed by atoms with E-state index in [0.29, 0.717) is 17.2 Å². The maximum Gasteiger partial charge on any atom is 0.243 e. The molecule has 1 heterocycles. The van der Waals surface area contributed by atoms with Gasteiger partial charge < -0.3 is 9.73 Å². The number of amides is 1. The number of sulfonamides is 1. The summed E-state index contributed by atoms with van der Waals surface area (Å²) in [7, 11) is -3.81. The molecular formula is C21H23ClN2O4S. The Balaban J connectivity index is 1.72. The second-order valence-electron chi connectivity index (χ2n) is 6.77. The van der Waals surface area contributed by atoms with Gasteiger partial charge in [0.1, 0.15) is 11.3 Å². The largest absolute Gasteiger partial charge is 0.459 e. The zero-order valence-corrected chi connectivity index (χ0v) is 17.8. The third kappa shape index (κ3) is 4.98. The summed E-state index contributed by atoms with van der Waals surface area (Å²) in [5.74, 6) is 0.214. The Morgan fingerprint density at radius 1 is 1.17 bits per heavy atom. The third-order valence-electron chi connectivity index (χ3n) is 4.49. The van der Waals surface area contributed by atoms with Crippen LogP contribution in [0.5, 0.6) is 0 Å². The Kier molecular flexibility index (Phi) is 6.62. The van der Waals surface area contributed by atoms with E-state index < -0.39 is 22.0 Å². The zero-order chi connectivity index (χ0) is 21.0. The third-order valence-corrected chi connectivity index (χ3v) is 6.60. The van der Waals surface area contributed by atoms with Gasteiger partial charge in [-0.1, -0.05) is 36.7 Å². The molecule has 0 saturated heterocycles. The lowest BCUT2D eigenvalue weighted by molar-refractivity contribution is -0.122. The van der Waals surface area contributed by atoms with Crippen LogP contribution in [-0.4, -0.2) is 31.7 Å². The first-order valence-corrected chi connectivity index (χ1v) is 11.2. The quantitative estimate of drug-likeness (QED) is 0.571. The molecule has 3 aromatic rings. The smallest absolute Gasteiger partial charge is 0.243 e. The van der Waals surface area contributed by atoms with Crippen molar-refractivity contribution < 1.29 is 17.6 Å². The maximum absolute atomic E-state index is 12.9. The molecular weight excluding hydrogens is 412 g/mol.